The van der Waals surface area contributed by atoms with Gasteiger partial charge in [0.05, 0.1) is 0 Å². The molecule has 4 heteroatoms. The summed E-state index contributed by atoms with van der Waals surface area (Å²) in [4.78, 5) is 14.7. The lowest BCUT2D eigenvalue weighted by Gasteiger charge is -2.34. The van der Waals surface area contributed by atoms with Gasteiger partial charge in [-0.2, -0.15) is 0 Å². The Morgan fingerprint density at radius 2 is 2.32 bits per heavy atom. The molecular weight excluding hydrogens is 260 g/mol. The van der Waals surface area contributed by atoms with Crippen LogP contribution in [0.15, 0.2) is 18.2 Å². The number of carbonyl (C=O) groups excluding carboxylic acids is 1. The van der Waals surface area contributed by atoms with Crippen molar-refractivity contribution in [3.63, 3.8) is 0 Å². The smallest absolute Gasteiger partial charge is 0.254 e. The fourth-order valence-electron chi connectivity index (χ4n) is 2.66. The number of piperidine rings is 1. The van der Waals surface area contributed by atoms with Crippen LogP contribution < -0.4 is 5.32 Å². The summed E-state index contributed by atoms with van der Waals surface area (Å²) in [5, 5.41) is 4.02. The molecule has 0 radical (unpaired) electrons. The second-order valence-corrected chi connectivity index (χ2v) is 5.41. The van der Waals surface area contributed by atoms with Crippen molar-refractivity contribution in [3.8, 4) is 0 Å². The lowest BCUT2D eigenvalue weighted by molar-refractivity contribution is 0.0661. The lowest BCUT2D eigenvalue weighted by Crippen LogP contribution is -2.48. The fraction of sp³-hybridized carbons (Fsp3) is 0.533. The number of rotatable bonds is 3. The van der Waals surface area contributed by atoms with E-state index in [1.807, 2.05) is 36.9 Å². The van der Waals surface area contributed by atoms with Crippen LogP contribution in [0.1, 0.15) is 35.7 Å². The van der Waals surface area contributed by atoms with Crippen molar-refractivity contribution in [1.29, 1.82) is 0 Å². The van der Waals surface area contributed by atoms with Gasteiger partial charge in [-0.1, -0.05) is 17.7 Å². The van der Waals surface area contributed by atoms with Gasteiger partial charge >= 0.3 is 0 Å². The van der Waals surface area contributed by atoms with E-state index in [0.717, 1.165) is 43.6 Å². The molecule has 1 aromatic rings. The van der Waals surface area contributed by atoms with Crippen molar-refractivity contribution in [2.75, 3.05) is 19.6 Å². The predicted molar refractivity (Wildman–Crippen MR) is 78.8 cm³/mol. The van der Waals surface area contributed by atoms with Crippen molar-refractivity contribution < 1.29 is 4.79 Å². The zero-order valence-corrected chi connectivity index (χ0v) is 12.3. The molecule has 1 fully saturated rings. The predicted octanol–water partition coefficient (Wildman–Crippen LogP) is 2.86. The third-order valence-corrected chi connectivity index (χ3v) is 4.22. The number of halogens is 1. The van der Waals surface area contributed by atoms with Gasteiger partial charge in [-0.15, -0.1) is 0 Å². The van der Waals surface area contributed by atoms with E-state index >= 15 is 0 Å². The first-order valence-electron chi connectivity index (χ1n) is 6.92. The Morgan fingerprint density at radius 1 is 1.53 bits per heavy atom. The summed E-state index contributed by atoms with van der Waals surface area (Å²) < 4.78 is 0. The molecule has 1 amide bonds. The van der Waals surface area contributed by atoms with Gasteiger partial charge in [0.1, 0.15) is 0 Å². The van der Waals surface area contributed by atoms with Crippen LogP contribution in [0.25, 0.3) is 0 Å². The average Bonchev–Trinajstić information content (AvgIpc) is 2.44. The molecule has 3 nitrogen and oxygen atoms in total. The van der Waals surface area contributed by atoms with Gasteiger partial charge in [-0.25, -0.2) is 0 Å². The minimum Gasteiger partial charge on any atom is -0.335 e. The molecule has 0 spiro atoms. The van der Waals surface area contributed by atoms with Crippen molar-refractivity contribution in [1.82, 2.24) is 10.2 Å². The van der Waals surface area contributed by atoms with Crippen LogP contribution in [-0.2, 0) is 0 Å². The van der Waals surface area contributed by atoms with Crippen molar-refractivity contribution in [2.45, 2.75) is 32.7 Å². The molecule has 0 bridgehead atoms. The second-order valence-electron chi connectivity index (χ2n) is 5.00. The summed E-state index contributed by atoms with van der Waals surface area (Å²) in [7, 11) is 0. The van der Waals surface area contributed by atoms with E-state index in [1.165, 1.54) is 0 Å². The van der Waals surface area contributed by atoms with Gasteiger partial charge < -0.3 is 10.2 Å². The molecule has 0 aliphatic carbocycles. The van der Waals surface area contributed by atoms with Crippen LogP contribution in [0.3, 0.4) is 0 Å². The Hall–Kier alpha value is -1.06. The third kappa shape index (κ3) is 3.10. The fourth-order valence-corrected chi connectivity index (χ4v) is 2.84. The first kappa shape index (κ1) is 14.4. The Bertz CT molecular complexity index is 455. The van der Waals surface area contributed by atoms with E-state index in [1.54, 1.807) is 0 Å². The maximum atomic E-state index is 12.7. The molecule has 1 N–H and O–H groups in total. The number of nitrogens with one attached hydrogen (secondary N) is 1. The topological polar surface area (TPSA) is 32.3 Å². The maximum absolute atomic E-state index is 12.7. The van der Waals surface area contributed by atoms with Crippen molar-refractivity contribution in [2.24, 2.45) is 0 Å². The molecule has 19 heavy (non-hydrogen) atoms. The Kier molecular flexibility index (Phi) is 4.83. The highest BCUT2D eigenvalue weighted by Crippen LogP contribution is 2.22. The molecule has 1 atom stereocenters. The summed E-state index contributed by atoms with van der Waals surface area (Å²) in [6.45, 7) is 6.61. The van der Waals surface area contributed by atoms with Crippen LogP contribution in [0.5, 0.6) is 0 Å². The summed E-state index contributed by atoms with van der Waals surface area (Å²) in [5.41, 5.74) is 1.59. The minimum absolute atomic E-state index is 0.0937. The second kappa shape index (κ2) is 6.40. The van der Waals surface area contributed by atoms with Crippen molar-refractivity contribution in [3.05, 3.63) is 34.3 Å². The van der Waals surface area contributed by atoms with Gasteiger partial charge in [-0.3, -0.25) is 4.79 Å². The molecule has 0 saturated carbocycles. The largest absolute Gasteiger partial charge is 0.335 e. The Balaban J connectivity index is 2.22. The van der Waals surface area contributed by atoms with Crippen molar-refractivity contribution >= 4 is 17.5 Å². The number of hydrogen-bond donors (Lipinski definition) is 1. The normalized spacial score (nSPS) is 19.2. The SMILES string of the molecule is CCN(C(=O)c1cccc(Cl)c1C)C1CCCNC1. The first-order valence-corrected chi connectivity index (χ1v) is 7.29. The monoisotopic (exact) mass is 280 g/mol. The Morgan fingerprint density at radius 3 is 2.95 bits per heavy atom. The number of nitrogens with zero attached hydrogens (tertiary/aromatic N) is 1. The highest BCUT2D eigenvalue weighted by molar-refractivity contribution is 6.31. The van der Waals surface area contributed by atoms with Gasteiger partial charge in [0, 0.05) is 29.7 Å². The van der Waals surface area contributed by atoms with Gasteiger partial charge in [-0.05, 0) is 50.9 Å². The van der Waals surface area contributed by atoms with Gasteiger partial charge in [0.2, 0.25) is 0 Å². The van der Waals surface area contributed by atoms with Crippen LogP contribution in [0.2, 0.25) is 5.02 Å². The molecule has 0 aromatic heterocycles. The van der Waals surface area contributed by atoms with Crippen LogP contribution in [0, 0.1) is 6.92 Å². The molecule has 1 heterocycles. The van der Waals surface area contributed by atoms with E-state index in [9.17, 15) is 4.79 Å². The molecule has 1 aliphatic heterocycles. The molecule has 1 aliphatic rings. The zero-order chi connectivity index (χ0) is 13.8. The van der Waals surface area contributed by atoms with Crippen LogP contribution in [-0.4, -0.2) is 36.5 Å². The zero-order valence-electron chi connectivity index (χ0n) is 11.6. The van der Waals surface area contributed by atoms with E-state index in [-0.39, 0.29) is 5.91 Å². The average molecular weight is 281 g/mol. The highest BCUT2D eigenvalue weighted by atomic mass is 35.5. The summed E-state index contributed by atoms with van der Waals surface area (Å²) in [6, 6.07) is 5.83. The van der Waals surface area contributed by atoms with E-state index in [0.29, 0.717) is 11.1 Å². The number of hydrogen-bond acceptors (Lipinski definition) is 2. The number of amides is 1. The quantitative estimate of drug-likeness (QED) is 0.923. The molecule has 1 unspecified atom stereocenters. The third-order valence-electron chi connectivity index (χ3n) is 3.81. The molecular formula is C15H21ClN2O. The first-order chi connectivity index (χ1) is 9.15. The number of carbonyl (C=O) groups is 1. The van der Waals surface area contributed by atoms with Crippen LogP contribution in [0.4, 0.5) is 0 Å². The minimum atomic E-state index is 0.0937. The van der Waals surface area contributed by atoms with Gasteiger partial charge in [0.15, 0.2) is 0 Å². The standard InChI is InChI=1S/C15H21ClN2O/c1-3-18(12-6-5-9-17-10-12)15(19)13-7-4-8-14(16)11(13)2/h4,7-8,12,17H,3,5-6,9-10H2,1-2H3. The summed E-state index contributed by atoms with van der Waals surface area (Å²) in [6.07, 6.45) is 2.20. The molecule has 104 valence electrons. The lowest BCUT2D eigenvalue weighted by atomic mass is 10.0. The van der Waals surface area contributed by atoms with E-state index < -0.39 is 0 Å². The van der Waals surface area contributed by atoms with Crippen LogP contribution >= 0.6 is 11.6 Å². The van der Waals surface area contributed by atoms with E-state index in [4.69, 9.17) is 11.6 Å². The number of benzene rings is 1. The summed E-state index contributed by atoms with van der Waals surface area (Å²) in [5.74, 6) is 0.0937. The number of likely N-dealkylation sites (N-methyl/N-ethyl adjacent to an activating group) is 1. The Labute approximate surface area is 119 Å². The van der Waals surface area contributed by atoms with E-state index in [2.05, 4.69) is 5.32 Å². The molecule has 1 aromatic carbocycles. The summed E-state index contributed by atoms with van der Waals surface area (Å²) >= 11 is 6.11. The highest BCUT2D eigenvalue weighted by Gasteiger charge is 2.25. The molecule has 1 saturated heterocycles. The van der Waals surface area contributed by atoms with Gasteiger partial charge in [0.25, 0.3) is 5.91 Å². The molecule has 2 rings (SSSR count). The maximum Gasteiger partial charge on any atom is 0.254 e.